The van der Waals surface area contributed by atoms with Crippen LogP contribution in [0.25, 0.3) is 0 Å². The summed E-state index contributed by atoms with van der Waals surface area (Å²) in [6, 6.07) is 10.2. The number of methoxy groups -OCH3 is 1. The maximum absolute atomic E-state index is 5.16. The SMILES string of the molecule is CN=C(NCc1ccc(OC)cc1)NCC(C)c1ccsc1.I. The summed E-state index contributed by atoms with van der Waals surface area (Å²) in [6.45, 7) is 3.81. The van der Waals surface area contributed by atoms with E-state index in [1.807, 2.05) is 24.3 Å². The van der Waals surface area contributed by atoms with Crippen molar-refractivity contribution in [2.45, 2.75) is 19.4 Å². The molecule has 0 fully saturated rings. The molecule has 0 aliphatic rings. The predicted molar refractivity (Wildman–Crippen MR) is 109 cm³/mol. The van der Waals surface area contributed by atoms with Crippen LogP contribution in [0.5, 0.6) is 5.75 Å². The van der Waals surface area contributed by atoms with Crippen LogP contribution < -0.4 is 15.4 Å². The molecule has 1 unspecified atom stereocenters. The number of guanidine groups is 1. The van der Waals surface area contributed by atoms with Gasteiger partial charge in [-0.25, -0.2) is 0 Å². The van der Waals surface area contributed by atoms with Gasteiger partial charge in [0.05, 0.1) is 7.11 Å². The molecule has 1 heterocycles. The lowest BCUT2D eigenvalue weighted by Crippen LogP contribution is -2.38. The van der Waals surface area contributed by atoms with Gasteiger partial charge in [-0.3, -0.25) is 4.99 Å². The minimum Gasteiger partial charge on any atom is -0.497 e. The fourth-order valence-electron chi connectivity index (χ4n) is 2.07. The summed E-state index contributed by atoms with van der Waals surface area (Å²) in [4.78, 5) is 4.26. The fraction of sp³-hybridized carbons (Fsp3) is 0.353. The van der Waals surface area contributed by atoms with Gasteiger partial charge >= 0.3 is 0 Å². The number of nitrogens with zero attached hydrogens (tertiary/aromatic N) is 1. The van der Waals surface area contributed by atoms with E-state index in [2.05, 4.69) is 39.4 Å². The molecule has 0 aliphatic heterocycles. The number of ether oxygens (including phenoxy) is 1. The van der Waals surface area contributed by atoms with E-state index in [9.17, 15) is 0 Å². The highest BCUT2D eigenvalue weighted by atomic mass is 127. The van der Waals surface area contributed by atoms with E-state index in [0.717, 1.165) is 24.8 Å². The third kappa shape index (κ3) is 6.39. The van der Waals surface area contributed by atoms with Gasteiger partial charge in [-0.1, -0.05) is 19.1 Å². The lowest BCUT2D eigenvalue weighted by Gasteiger charge is -2.15. The van der Waals surface area contributed by atoms with Crippen LogP contribution in [0.1, 0.15) is 24.0 Å². The molecule has 0 amide bonds. The molecule has 23 heavy (non-hydrogen) atoms. The Balaban J connectivity index is 0.00000264. The Bertz CT molecular complexity index is 584. The average molecular weight is 445 g/mol. The van der Waals surface area contributed by atoms with E-state index in [1.54, 1.807) is 25.5 Å². The third-order valence-corrected chi connectivity index (χ3v) is 4.23. The lowest BCUT2D eigenvalue weighted by atomic mass is 10.1. The quantitative estimate of drug-likeness (QED) is 0.404. The fourth-order valence-corrected chi connectivity index (χ4v) is 2.86. The van der Waals surface area contributed by atoms with Gasteiger partial charge in [0, 0.05) is 20.1 Å². The maximum atomic E-state index is 5.16. The number of hydrogen-bond acceptors (Lipinski definition) is 3. The summed E-state index contributed by atoms with van der Waals surface area (Å²) < 4.78 is 5.16. The number of rotatable bonds is 6. The molecule has 0 saturated carbocycles. The van der Waals surface area contributed by atoms with E-state index < -0.39 is 0 Å². The Kier molecular flexibility index (Phi) is 9.01. The van der Waals surface area contributed by atoms with Gasteiger partial charge in [0.25, 0.3) is 0 Å². The van der Waals surface area contributed by atoms with E-state index in [0.29, 0.717) is 5.92 Å². The van der Waals surface area contributed by atoms with Gasteiger partial charge in [0.15, 0.2) is 5.96 Å². The minimum atomic E-state index is 0. The highest BCUT2D eigenvalue weighted by Gasteiger charge is 2.07. The standard InChI is InChI=1S/C17H23N3OS.HI/c1-13(15-8-9-22-12-15)10-19-17(18-2)20-11-14-4-6-16(21-3)7-5-14;/h4-9,12-13H,10-11H2,1-3H3,(H2,18,19,20);1H. The predicted octanol–water partition coefficient (Wildman–Crippen LogP) is 3.84. The van der Waals surface area contributed by atoms with Crippen molar-refractivity contribution < 1.29 is 4.74 Å². The molecule has 0 aliphatic carbocycles. The molecule has 0 radical (unpaired) electrons. The monoisotopic (exact) mass is 445 g/mol. The summed E-state index contributed by atoms with van der Waals surface area (Å²) in [5, 5.41) is 11.0. The first-order valence-electron chi connectivity index (χ1n) is 7.32. The summed E-state index contributed by atoms with van der Waals surface area (Å²) in [5.41, 5.74) is 2.55. The molecular formula is C17H24IN3OS. The molecule has 2 N–H and O–H groups in total. The van der Waals surface area contributed by atoms with E-state index >= 15 is 0 Å². The molecule has 2 aromatic rings. The lowest BCUT2D eigenvalue weighted by molar-refractivity contribution is 0.414. The van der Waals surface area contributed by atoms with Crippen molar-refractivity contribution in [3.63, 3.8) is 0 Å². The topological polar surface area (TPSA) is 45.7 Å². The zero-order valence-corrected chi connectivity index (χ0v) is 16.9. The smallest absolute Gasteiger partial charge is 0.191 e. The van der Waals surface area contributed by atoms with Gasteiger partial charge in [0.1, 0.15) is 5.75 Å². The Hall–Kier alpha value is -1.28. The van der Waals surface area contributed by atoms with Crippen molar-refractivity contribution in [3.05, 3.63) is 52.2 Å². The average Bonchev–Trinajstić information content (AvgIpc) is 3.10. The van der Waals surface area contributed by atoms with Crippen LogP contribution in [-0.4, -0.2) is 26.7 Å². The highest BCUT2D eigenvalue weighted by molar-refractivity contribution is 14.0. The maximum Gasteiger partial charge on any atom is 0.191 e. The molecule has 1 aromatic heterocycles. The second-order valence-corrected chi connectivity index (χ2v) is 5.89. The molecule has 6 heteroatoms. The molecule has 126 valence electrons. The molecular weight excluding hydrogens is 421 g/mol. The molecule has 0 saturated heterocycles. The van der Waals surface area contributed by atoms with Crippen LogP contribution in [0.4, 0.5) is 0 Å². The van der Waals surface area contributed by atoms with Crippen molar-refractivity contribution in [3.8, 4) is 5.75 Å². The Morgan fingerprint density at radius 3 is 2.52 bits per heavy atom. The van der Waals surface area contributed by atoms with Gasteiger partial charge in [-0.15, -0.1) is 24.0 Å². The van der Waals surface area contributed by atoms with E-state index in [4.69, 9.17) is 4.74 Å². The first-order valence-corrected chi connectivity index (χ1v) is 8.26. The van der Waals surface area contributed by atoms with Crippen molar-refractivity contribution >= 4 is 41.3 Å². The number of halogens is 1. The largest absolute Gasteiger partial charge is 0.497 e. The van der Waals surface area contributed by atoms with Gasteiger partial charge in [-0.2, -0.15) is 11.3 Å². The zero-order valence-electron chi connectivity index (χ0n) is 13.7. The van der Waals surface area contributed by atoms with Crippen LogP contribution in [0.3, 0.4) is 0 Å². The number of nitrogens with one attached hydrogen (secondary N) is 2. The van der Waals surface area contributed by atoms with Crippen LogP contribution >= 0.6 is 35.3 Å². The highest BCUT2D eigenvalue weighted by Crippen LogP contribution is 2.17. The molecule has 4 nitrogen and oxygen atoms in total. The summed E-state index contributed by atoms with van der Waals surface area (Å²) >= 11 is 1.73. The zero-order chi connectivity index (χ0) is 15.8. The molecule has 2 rings (SSSR count). The number of hydrogen-bond donors (Lipinski definition) is 2. The van der Waals surface area contributed by atoms with Crippen LogP contribution in [0, 0.1) is 0 Å². The first kappa shape index (κ1) is 19.8. The summed E-state index contributed by atoms with van der Waals surface area (Å²) in [6.07, 6.45) is 0. The summed E-state index contributed by atoms with van der Waals surface area (Å²) in [7, 11) is 3.46. The molecule has 1 aromatic carbocycles. The molecule has 0 spiro atoms. The van der Waals surface area contributed by atoms with Crippen molar-refractivity contribution in [2.24, 2.45) is 4.99 Å². The molecule has 1 atom stereocenters. The van der Waals surface area contributed by atoms with Crippen LogP contribution in [-0.2, 0) is 6.54 Å². The van der Waals surface area contributed by atoms with Crippen molar-refractivity contribution in [1.82, 2.24) is 10.6 Å². The Labute approximate surface area is 159 Å². The van der Waals surface area contributed by atoms with Gasteiger partial charge in [0.2, 0.25) is 0 Å². The third-order valence-electron chi connectivity index (χ3n) is 3.53. The number of thiophene rings is 1. The van der Waals surface area contributed by atoms with E-state index in [-0.39, 0.29) is 24.0 Å². The Morgan fingerprint density at radius 1 is 1.22 bits per heavy atom. The minimum absolute atomic E-state index is 0. The van der Waals surface area contributed by atoms with Gasteiger partial charge in [-0.05, 0) is 46.0 Å². The summed E-state index contributed by atoms with van der Waals surface area (Å²) in [5.74, 6) is 2.15. The second kappa shape index (κ2) is 10.5. The van der Waals surface area contributed by atoms with Gasteiger partial charge < -0.3 is 15.4 Å². The second-order valence-electron chi connectivity index (χ2n) is 5.11. The Morgan fingerprint density at radius 2 is 1.96 bits per heavy atom. The normalized spacial score (nSPS) is 12.2. The first-order chi connectivity index (χ1) is 10.7. The van der Waals surface area contributed by atoms with Crippen molar-refractivity contribution in [1.29, 1.82) is 0 Å². The van der Waals surface area contributed by atoms with Crippen LogP contribution in [0.15, 0.2) is 46.1 Å². The van der Waals surface area contributed by atoms with Crippen molar-refractivity contribution in [2.75, 3.05) is 20.7 Å². The molecule has 0 bridgehead atoms. The number of benzene rings is 1. The van der Waals surface area contributed by atoms with E-state index in [1.165, 1.54) is 11.1 Å². The number of aliphatic imine (C=N–C) groups is 1. The van der Waals surface area contributed by atoms with Crippen LogP contribution in [0.2, 0.25) is 0 Å².